The van der Waals surface area contributed by atoms with Gasteiger partial charge in [-0.1, -0.05) is 48.5 Å². The smallest absolute Gasteiger partial charge is 0.247 e. The van der Waals surface area contributed by atoms with Gasteiger partial charge in [-0.15, -0.1) is 0 Å². The number of benzene rings is 2. The molecule has 1 heterocycles. The average Bonchev–Trinajstić information content (AvgIpc) is 2.85. The van der Waals surface area contributed by atoms with Crippen LogP contribution in [0.25, 0.3) is 10.9 Å². The second-order valence-corrected chi connectivity index (χ2v) is 8.17. The zero-order chi connectivity index (χ0) is 23.6. The van der Waals surface area contributed by atoms with Crippen molar-refractivity contribution in [3.05, 3.63) is 72.4 Å². The van der Waals surface area contributed by atoms with Crippen LogP contribution in [0.4, 0.5) is 5.69 Å². The first-order valence-electron chi connectivity index (χ1n) is 11.2. The van der Waals surface area contributed by atoms with Crippen molar-refractivity contribution in [1.29, 1.82) is 0 Å². The summed E-state index contributed by atoms with van der Waals surface area (Å²) in [6, 6.07) is 17.8. The van der Waals surface area contributed by atoms with E-state index in [0.717, 1.165) is 16.5 Å². The van der Waals surface area contributed by atoms with Crippen LogP contribution in [0.3, 0.4) is 0 Å². The fraction of sp³-hybridized carbons (Fsp3) is 0.320. The number of rotatable bonds is 11. The first-order valence-corrected chi connectivity index (χ1v) is 11.2. The summed E-state index contributed by atoms with van der Waals surface area (Å²) in [5.41, 5.74) is 19.9. The van der Waals surface area contributed by atoms with E-state index in [1.165, 1.54) is 0 Å². The van der Waals surface area contributed by atoms with Gasteiger partial charge in [0, 0.05) is 5.39 Å². The second kappa shape index (κ2) is 12.1. The van der Waals surface area contributed by atoms with E-state index in [2.05, 4.69) is 15.6 Å². The van der Waals surface area contributed by atoms with Crippen molar-refractivity contribution in [1.82, 2.24) is 10.3 Å². The maximum atomic E-state index is 13.1. The fourth-order valence-electron chi connectivity index (χ4n) is 3.63. The average molecular weight is 449 g/mol. The molecular formula is C25H32N6O2. The molecule has 2 unspecified atom stereocenters. The van der Waals surface area contributed by atoms with Crippen molar-refractivity contribution in [2.45, 2.75) is 31.3 Å². The minimum Gasteiger partial charge on any atom is -0.343 e. The SMILES string of the molecule is NCC(CN)CC(N)C(=O)NC(CCc1ccccc1)C(=O)Nc1cnc2ccccc2c1. The van der Waals surface area contributed by atoms with Crippen LogP contribution in [0.1, 0.15) is 18.4 Å². The number of pyridine rings is 1. The van der Waals surface area contributed by atoms with E-state index in [1.54, 1.807) is 6.20 Å². The van der Waals surface area contributed by atoms with E-state index in [9.17, 15) is 9.59 Å². The van der Waals surface area contributed by atoms with Gasteiger partial charge in [-0.25, -0.2) is 0 Å². The molecule has 0 aliphatic heterocycles. The number of para-hydroxylation sites is 1. The molecule has 2 amide bonds. The van der Waals surface area contributed by atoms with Gasteiger partial charge in [-0.3, -0.25) is 14.6 Å². The highest BCUT2D eigenvalue weighted by atomic mass is 16.2. The van der Waals surface area contributed by atoms with Gasteiger partial charge in [0.2, 0.25) is 11.8 Å². The number of aromatic nitrogens is 1. The topological polar surface area (TPSA) is 149 Å². The maximum Gasteiger partial charge on any atom is 0.247 e. The zero-order valence-corrected chi connectivity index (χ0v) is 18.6. The summed E-state index contributed by atoms with van der Waals surface area (Å²) in [6.07, 6.45) is 3.01. The third-order valence-electron chi connectivity index (χ3n) is 5.65. The van der Waals surface area contributed by atoms with Crippen LogP contribution < -0.4 is 27.8 Å². The molecule has 0 aliphatic rings. The number of anilines is 1. The Morgan fingerprint density at radius 1 is 0.939 bits per heavy atom. The van der Waals surface area contributed by atoms with E-state index in [0.29, 0.717) is 38.0 Å². The number of carbonyl (C=O) groups is 2. The van der Waals surface area contributed by atoms with Crippen molar-refractivity contribution in [2.24, 2.45) is 23.1 Å². The van der Waals surface area contributed by atoms with Gasteiger partial charge in [0.05, 0.1) is 23.4 Å². The minimum atomic E-state index is -0.795. The van der Waals surface area contributed by atoms with Gasteiger partial charge in [-0.05, 0) is 56.0 Å². The maximum absolute atomic E-state index is 13.1. The van der Waals surface area contributed by atoms with Gasteiger partial charge in [0.15, 0.2) is 0 Å². The number of hydrogen-bond acceptors (Lipinski definition) is 6. The summed E-state index contributed by atoms with van der Waals surface area (Å²) in [4.78, 5) is 30.3. The van der Waals surface area contributed by atoms with Crippen molar-refractivity contribution in [3.63, 3.8) is 0 Å². The molecule has 174 valence electrons. The molecule has 2 aromatic carbocycles. The highest BCUT2D eigenvalue weighted by Gasteiger charge is 2.25. The molecule has 3 aromatic rings. The molecule has 8 heteroatoms. The Morgan fingerprint density at radius 2 is 1.64 bits per heavy atom. The van der Waals surface area contributed by atoms with E-state index in [4.69, 9.17) is 17.2 Å². The van der Waals surface area contributed by atoms with E-state index in [1.807, 2.05) is 60.7 Å². The lowest BCUT2D eigenvalue weighted by Crippen LogP contribution is -2.51. The van der Waals surface area contributed by atoms with Crippen molar-refractivity contribution < 1.29 is 9.59 Å². The summed E-state index contributed by atoms with van der Waals surface area (Å²) >= 11 is 0. The summed E-state index contributed by atoms with van der Waals surface area (Å²) in [5, 5.41) is 6.61. The van der Waals surface area contributed by atoms with Crippen LogP contribution in [0.15, 0.2) is 66.9 Å². The second-order valence-electron chi connectivity index (χ2n) is 8.17. The number of nitrogens with two attached hydrogens (primary N) is 3. The molecule has 0 spiro atoms. The highest BCUT2D eigenvalue weighted by Crippen LogP contribution is 2.17. The van der Waals surface area contributed by atoms with Crippen molar-refractivity contribution in [3.8, 4) is 0 Å². The monoisotopic (exact) mass is 448 g/mol. The minimum absolute atomic E-state index is 0.0500. The van der Waals surface area contributed by atoms with Crippen LogP contribution in [-0.4, -0.2) is 42.0 Å². The Hall–Kier alpha value is -3.33. The third kappa shape index (κ3) is 7.08. The predicted octanol–water partition coefficient (Wildman–Crippen LogP) is 1.54. The molecule has 0 bridgehead atoms. The Balaban J connectivity index is 1.71. The normalized spacial score (nSPS) is 13.0. The summed E-state index contributed by atoms with van der Waals surface area (Å²) in [6.45, 7) is 0.703. The molecule has 0 saturated carbocycles. The molecule has 3 rings (SSSR count). The van der Waals surface area contributed by atoms with Crippen LogP contribution in [-0.2, 0) is 16.0 Å². The Labute approximate surface area is 193 Å². The largest absolute Gasteiger partial charge is 0.343 e. The highest BCUT2D eigenvalue weighted by molar-refractivity contribution is 5.98. The van der Waals surface area contributed by atoms with Gasteiger partial charge in [0.1, 0.15) is 6.04 Å². The summed E-state index contributed by atoms with van der Waals surface area (Å²) in [5.74, 6) is -0.768. The zero-order valence-electron chi connectivity index (χ0n) is 18.6. The number of aryl methyl sites for hydroxylation is 1. The standard InChI is InChI=1S/C25H32N6O2/c26-14-18(15-27)12-21(28)24(32)31-23(11-10-17-6-2-1-3-7-17)25(33)30-20-13-19-8-4-5-9-22(19)29-16-20/h1-9,13,16,18,21,23H,10-12,14-15,26-28H2,(H,30,33)(H,31,32). The van der Waals surface area contributed by atoms with E-state index >= 15 is 0 Å². The molecule has 33 heavy (non-hydrogen) atoms. The van der Waals surface area contributed by atoms with Gasteiger partial charge in [0.25, 0.3) is 0 Å². The van der Waals surface area contributed by atoms with Crippen LogP contribution >= 0.6 is 0 Å². The number of carbonyl (C=O) groups excluding carboxylic acids is 2. The summed E-state index contributed by atoms with van der Waals surface area (Å²) < 4.78 is 0. The molecule has 0 fully saturated rings. The van der Waals surface area contributed by atoms with Crippen molar-refractivity contribution >= 4 is 28.4 Å². The lowest BCUT2D eigenvalue weighted by molar-refractivity contribution is -0.127. The predicted molar refractivity (Wildman–Crippen MR) is 131 cm³/mol. The van der Waals surface area contributed by atoms with E-state index < -0.39 is 18.0 Å². The molecule has 2 atom stereocenters. The lowest BCUT2D eigenvalue weighted by Gasteiger charge is -2.22. The fourth-order valence-corrected chi connectivity index (χ4v) is 3.63. The molecule has 0 radical (unpaired) electrons. The summed E-state index contributed by atoms with van der Waals surface area (Å²) in [7, 11) is 0. The third-order valence-corrected chi connectivity index (χ3v) is 5.65. The van der Waals surface area contributed by atoms with Crippen LogP contribution in [0.5, 0.6) is 0 Å². The van der Waals surface area contributed by atoms with Gasteiger partial charge >= 0.3 is 0 Å². The van der Waals surface area contributed by atoms with Crippen LogP contribution in [0.2, 0.25) is 0 Å². The van der Waals surface area contributed by atoms with Crippen molar-refractivity contribution in [2.75, 3.05) is 18.4 Å². The number of nitrogens with one attached hydrogen (secondary N) is 2. The number of fused-ring (bicyclic) bond motifs is 1. The molecule has 0 aliphatic carbocycles. The molecular weight excluding hydrogens is 416 g/mol. The molecule has 1 aromatic heterocycles. The Morgan fingerprint density at radius 3 is 2.36 bits per heavy atom. The number of hydrogen-bond donors (Lipinski definition) is 5. The molecule has 0 saturated heterocycles. The Bertz CT molecular complexity index is 1050. The first kappa shape index (κ1) is 24.3. The van der Waals surface area contributed by atoms with Crippen LogP contribution in [0, 0.1) is 5.92 Å². The van der Waals surface area contributed by atoms with E-state index in [-0.39, 0.29) is 11.8 Å². The van der Waals surface area contributed by atoms with Gasteiger partial charge in [-0.2, -0.15) is 0 Å². The number of nitrogens with zero attached hydrogens (tertiary/aromatic N) is 1. The first-order chi connectivity index (χ1) is 16.0. The quantitative estimate of drug-likeness (QED) is 0.300. The molecule has 8 nitrogen and oxygen atoms in total. The van der Waals surface area contributed by atoms with Gasteiger partial charge < -0.3 is 27.8 Å². The molecule has 8 N–H and O–H groups in total. The number of amides is 2. The Kier molecular flexibility index (Phi) is 8.88. The lowest BCUT2D eigenvalue weighted by atomic mass is 9.99.